The molecular weight excluding hydrogens is 314 g/mol. The Bertz CT molecular complexity index is 740. The van der Waals surface area contributed by atoms with Crippen LogP contribution in [0.3, 0.4) is 0 Å². The number of rotatable bonds is 4. The molecule has 0 amide bonds. The topological polar surface area (TPSA) is 67.5 Å². The lowest BCUT2D eigenvalue weighted by atomic mass is 10.0. The minimum atomic E-state index is 0.663. The molecule has 0 saturated carbocycles. The van der Waals surface area contributed by atoms with Crippen molar-refractivity contribution in [2.45, 2.75) is 32.4 Å². The van der Waals surface area contributed by atoms with Crippen LogP contribution in [0.15, 0.2) is 24.3 Å². The number of nitrogens with zero attached hydrogens (tertiary/aromatic N) is 4. The highest BCUT2D eigenvalue weighted by molar-refractivity contribution is 5.49. The molecule has 2 aromatic rings. The minimum absolute atomic E-state index is 0.663. The lowest BCUT2D eigenvalue weighted by Gasteiger charge is -2.29. The molecule has 1 aromatic heterocycles. The Morgan fingerprint density at radius 1 is 1.08 bits per heavy atom. The Hall–Kier alpha value is -2.34. The summed E-state index contributed by atoms with van der Waals surface area (Å²) < 4.78 is 5.23. The smallest absolute Gasteiger partial charge is 0.227 e. The molecule has 25 heavy (non-hydrogen) atoms. The molecule has 4 rings (SSSR count). The highest BCUT2D eigenvalue weighted by Crippen LogP contribution is 2.26. The zero-order valence-electron chi connectivity index (χ0n) is 14.7. The number of nitrogens with two attached hydrogens (primary N) is 1. The van der Waals surface area contributed by atoms with Gasteiger partial charge in [0.15, 0.2) is 0 Å². The molecule has 132 valence electrons. The molecule has 3 heterocycles. The fraction of sp³-hybridized carbons (Fsp3) is 0.474. The van der Waals surface area contributed by atoms with Crippen LogP contribution in [-0.2, 0) is 19.5 Å². The van der Waals surface area contributed by atoms with E-state index in [1.807, 2.05) is 12.1 Å². The third-order valence-electron chi connectivity index (χ3n) is 5.12. The molecule has 6 nitrogen and oxygen atoms in total. The molecule has 6 heteroatoms. The van der Waals surface area contributed by atoms with Crippen LogP contribution in [0.25, 0.3) is 0 Å². The molecule has 2 N–H and O–H groups in total. The van der Waals surface area contributed by atoms with Crippen molar-refractivity contribution in [2.75, 3.05) is 37.4 Å². The van der Waals surface area contributed by atoms with Crippen LogP contribution < -0.4 is 15.4 Å². The van der Waals surface area contributed by atoms with E-state index < -0.39 is 0 Å². The van der Waals surface area contributed by atoms with Gasteiger partial charge in [0.2, 0.25) is 5.95 Å². The van der Waals surface area contributed by atoms with E-state index in [1.54, 1.807) is 7.11 Å². The van der Waals surface area contributed by atoms with Crippen LogP contribution in [0.1, 0.15) is 29.7 Å². The number of hydrogen-bond acceptors (Lipinski definition) is 6. The van der Waals surface area contributed by atoms with Gasteiger partial charge < -0.3 is 15.4 Å². The first kappa shape index (κ1) is 16.1. The van der Waals surface area contributed by atoms with Crippen LogP contribution in [0, 0.1) is 0 Å². The van der Waals surface area contributed by atoms with Crippen molar-refractivity contribution in [1.29, 1.82) is 0 Å². The van der Waals surface area contributed by atoms with Gasteiger partial charge in [0, 0.05) is 38.3 Å². The molecule has 0 unspecified atom stereocenters. The first-order valence-corrected chi connectivity index (χ1v) is 8.98. The summed E-state index contributed by atoms with van der Waals surface area (Å²) in [5.41, 5.74) is 9.74. The highest BCUT2D eigenvalue weighted by Gasteiger charge is 2.24. The van der Waals surface area contributed by atoms with Crippen molar-refractivity contribution >= 4 is 11.8 Å². The van der Waals surface area contributed by atoms with E-state index in [9.17, 15) is 0 Å². The zero-order chi connectivity index (χ0) is 17.2. The maximum Gasteiger partial charge on any atom is 0.227 e. The van der Waals surface area contributed by atoms with E-state index in [0.29, 0.717) is 5.82 Å². The first-order valence-electron chi connectivity index (χ1n) is 8.98. The lowest BCUT2D eigenvalue weighted by Crippen LogP contribution is -2.32. The number of anilines is 2. The standard InChI is InChI=1S/C19H25N5O/c1-25-15-6-4-14(5-7-15)12-23-11-8-16-17(13-23)21-19(22-18(16)20)24-9-2-3-10-24/h4-7H,2-3,8-13H2,1H3,(H2,20,21,22). The third-order valence-corrected chi connectivity index (χ3v) is 5.12. The van der Waals surface area contributed by atoms with E-state index in [2.05, 4.69) is 26.9 Å². The van der Waals surface area contributed by atoms with E-state index in [0.717, 1.165) is 62.1 Å². The molecule has 1 saturated heterocycles. The number of nitrogen functional groups attached to an aromatic ring is 1. The maximum atomic E-state index is 6.23. The van der Waals surface area contributed by atoms with Gasteiger partial charge in [0.1, 0.15) is 11.6 Å². The van der Waals surface area contributed by atoms with Gasteiger partial charge in [-0.2, -0.15) is 4.98 Å². The number of fused-ring (bicyclic) bond motifs is 1. The van der Waals surface area contributed by atoms with Crippen molar-refractivity contribution < 1.29 is 4.74 Å². The Balaban J connectivity index is 1.51. The molecule has 2 aliphatic rings. The van der Waals surface area contributed by atoms with Gasteiger partial charge in [-0.1, -0.05) is 12.1 Å². The first-order chi connectivity index (χ1) is 12.2. The number of benzene rings is 1. The second-order valence-electron chi connectivity index (χ2n) is 6.84. The molecule has 1 aromatic carbocycles. The summed E-state index contributed by atoms with van der Waals surface area (Å²) in [6, 6.07) is 8.27. The predicted molar refractivity (Wildman–Crippen MR) is 98.7 cm³/mol. The SMILES string of the molecule is COc1ccc(CN2CCc3c(N)nc(N4CCCC4)nc3C2)cc1. The van der Waals surface area contributed by atoms with Crippen LogP contribution in [0.4, 0.5) is 11.8 Å². The normalized spacial score (nSPS) is 17.6. The molecule has 0 spiro atoms. The molecule has 0 radical (unpaired) electrons. The summed E-state index contributed by atoms with van der Waals surface area (Å²) in [6.45, 7) is 4.79. The Kier molecular flexibility index (Phi) is 4.44. The van der Waals surface area contributed by atoms with Gasteiger partial charge in [0.25, 0.3) is 0 Å². The number of methoxy groups -OCH3 is 1. The van der Waals surface area contributed by atoms with Gasteiger partial charge in [-0.15, -0.1) is 0 Å². The van der Waals surface area contributed by atoms with Gasteiger partial charge in [-0.3, -0.25) is 4.90 Å². The van der Waals surface area contributed by atoms with Crippen LogP contribution in [0.5, 0.6) is 5.75 Å². The summed E-state index contributed by atoms with van der Waals surface area (Å²) >= 11 is 0. The van der Waals surface area contributed by atoms with Crippen LogP contribution >= 0.6 is 0 Å². The Morgan fingerprint density at radius 3 is 2.56 bits per heavy atom. The molecule has 0 bridgehead atoms. The van der Waals surface area contributed by atoms with Gasteiger partial charge in [-0.25, -0.2) is 4.98 Å². The summed E-state index contributed by atoms with van der Waals surface area (Å²) in [5.74, 6) is 2.36. The average molecular weight is 339 g/mol. The van der Waals surface area contributed by atoms with Crippen molar-refractivity contribution in [2.24, 2.45) is 0 Å². The number of hydrogen-bond donors (Lipinski definition) is 1. The summed E-state index contributed by atoms with van der Waals surface area (Å²) in [5, 5.41) is 0. The van der Waals surface area contributed by atoms with E-state index in [4.69, 9.17) is 15.5 Å². The maximum absolute atomic E-state index is 6.23. The minimum Gasteiger partial charge on any atom is -0.497 e. The molecule has 0 aliphatic carbocycles. The largest absolute Gasteiger partial charge is 0.497 e. The number of aromatic nitrogens is 2. The summed E-state index contributed by atoms with van der Waals surface area (Å²) in [6.07, 6.45) is 3.34. The molecular formula is C19H25N5O. The summed E-state index contributed by atoms with van der Waals surface area (Å²) in [7, 11) is 1.69. The van der Waals surface area contributed by atoms with Crippen molar-refractivity contribution in [3.63, 3.8) is 0 Å². The van der Waals surface area contributed by atoms with E-state index in [1.165, 1.54) is 18.4 Å². The second-order valence-corrected chi connectivity index (χ2v) is 6.84. The van der Waals surface area contributed by atoms with Crippen molar-refractivity contribution in [3.8, 4) is 5.75 Å². The van der Waals surface area contributed by atoms with Crippen molar-refractivity contribution in [1.82, 2.24) is 14.9 Å². The number of ether oxygens (including phenoxy) is 1. The average Bonchev–Trinajstić information content (AvgIpc) is 3.17. The van der Waals surface area contributed by atoms with E-state index >= 15 is 0 Å². The second kappa shape index (κ2) is 6.88. The molecule has 0 atom stereocenters. The predicted octanol–water partition coefficient (Wildman–Crippen LogP) is 2.23. The Labute approximate surface area is 148 Å². The van der Waals surface area contributed by atoms with Gasteiger partial charge in [0.05, 0.1) is 12.8 Å². The highest BCUT2D eigenvalue weighted by atomic mass is 16.5. The quantitative estimate of drug-likeness (QED) is 0.921. The van der Waals surface area contributed by atoms with Gasteiger partial charge in [-0.05, 0) is 37.0 Å². The third kappa shape index (κ3) is 3.39. The van der Waals surface area contributed by atoms with Crippen LogP contribution in [-0.4, -0.2) is 41.6 Å². The monoisotopic (exact) mass is 339 g/mol. The summed E-state index contributed by atoms with van der Waals surface area (Å²) in [4.78, 5) is 14.1. The molecule has 1 fully saturated rings. The fourth-order valence-corrected chi connectivity index (χ4v) is 3.68. The zero-order valence-corrected chi connectivity index (χ0v) is 14.7. The lowest BCUT2D eigenvalue weighted by molar-refractivity contribution is 0.241. The van der Waals surface area contributed by atoms with Crippen molar-refractivity contribution in [3.05, 3.63) is 41.1 Å². The molecule has 2 aliphatic heterocycles. The fourth-order valence-electron chi connectivity index (χ4n) is 3.68. The van der Waals surface area contributed by atoms with Gasteiger partial charge >= 0.3 is 0 Å². The Morgan fingerprint density at radius 2 is 1.84 bits per heavy atom. The van der Waals surface area contributed by atoms with E-state index in [-0.39, 0.29) is 0 Å². The van der Waals surface area contributed by atoms with Crippen LogP contribution in [0.2, 0.25) is 0 Å².